The van der Waals surface area contributed by atoms with Crippen molar-refractivity contribution in [3.8, 4) is 0 Å². The molecule has 0 aliphatic carbocycles. The Hall–Kier alpha value is 0.620. The number of hydrogen-bond acceptors (Lipinski definition) is 2. The summed E-state index contributed by atoms with van der Waals surface area (Å²) in [4.78, 5) is 0. The molecule has 0 aliphatic rings. The molecular formula is C13H21Br2NS. The van der Waals surface area contributed by atoms with Crippen molar-refractivity contribution in [2.24, 2.45) is 5.92 Å². The molecule has 1 heterocycles. The van der Waals surface area contributed by atoms with Crippen LogP contribution >= 0.6 is 43.2 Å². The summed E-state index contributed by atoms with van der Waals surface area (Å²) in [5.74, 6) is 0.729. The second kappa shape index (κ2) is 7.93. The lowest BCUT2D eigenvalue weighted by atomic mass is 9.87. The summed E-state index contributed by atoms with van der Waals surface area (Å²) in [7, 11) is 2.07. The van der Waals surface area contributed by atoms with E-state index in [1.807, 2.05) is 0 Å². The summed E-state index contributed by atoms with van der Waals surface area (Å²) in [5.41, 5.74) is 1.40. The Morgan fingerprint density at radius 1 is 1.24 bits per heavy atom. The molecule has 4 heteroatoms. The molecule has 0 aliphatic heterocycles. The lowest BCUT2D eigenvalue weighted by Crippen LogP contribution is -2.25. The van der Waals surface area contributed by atoms with Crippen LogP contribution in [0.25, 0.3) is 0 Å². The highest BCUT2D eigenvalue weighted by Crippen LogP contribution is 2.40. The summed E-state index contributed by atoms with van der Waals surface area (Å²) in [6.45, 7) is 4.54. The minimum atomic E-state index is 0.465. The first kappa shape index (κ1) is 15.7. The molecule has 1 aromatic rings. The molecule has 0 aromatic carbocycles. The van der Waals surface area contributed by atoms with Crippen LogP contribution in [-0.2, 0) is 0 Å². The van der Waals surface area contributed by atoms with Gasteiger partial charge in [-0.05, 0) is 69.3 Å². The van der Waals surface area contributed by atoms with E-state index in [0.717, 1.165) is 5.92 Å². The maximum Gasteiger partial charge on any atom is 0.0758 e. The van der Waals surface area contributed by atoms with Crippen LogP contribution in [0, 0.1) is 5.92 Å². The number of halogens is 2. The largest absolute Gasteiger partial charge is 0.313 e. The number of hydrogen-bond donors (Lipinski definition) is 1. The standard InChI is InChI=1S/C13H21Br2NS/c1-4-6-9(7-5-2)12(16-3)10-8-11(14)17-13(10)15/h8-9,12,16H,4-7H2,1-3H3. The van der Waals surface area contributed by atoms with Gasteiger partial charge >= 0.3 is 0 Å². The molecule has 1 N–H and O–H groups in total. The van der Waals surface area contributed by atoms with E-state index >= 15 is 0 Å². The highest BCUT2D eigenvalue weighted by Gasteiger charge is 2.23. The third-order valence-electron chi connectivity index (χ3n) is 3.12. The van der Waals surface area contributed by atoms with Gasteiger partial charge in [0.2, 0.25) is 0 Å². The van der Waals surface area contributed by atoms with Crippen LogP contribution in [0.4, 0.5) is 0 Å². The van der Waals surface area contributed by atoms with Gasteiger partial charge in [0.15, 0.2) is 0 Å². The zero-order valence-corrected chi connectivity index (χ0v) is 14.7. The van der Waals surface area contributed by atoms with E-state index < -0.39 is 0 Å². The zero-order valence-electron chi connectivity index (χ0n) is 10.7. The fourth-order valence-electron chi connectivity index (χ4n) is 2.43. The lowest BCUT2D eigenvalue weighted by molar-refractivity contribution is 0.331. The second-order valence-electron chi connectivity index (χ2n) is 4.38. The van der Waals surface area contributed by atoms with Crippen molar-refractivity contribution in [3.05, 3.63) is 19.2 Å². The summed E-state index contributed by atoms with van der Waals surface area (Å²) in [6.07, 6.45) is 5.09. The van der Waals surface area contributed by atoms with E-state index in [4.69, 9.17) is 0 Å². The molecule has 17 heavy (non-hydrogen) atoms. The van der Waals surface area contributed by atoms with E-state index in [-0.39, 0.29) is 0 Å². The third kappa shape index (κ3) is 4.34. The Morgan fingerprint density at radius 3 is 2.18 bits per heavy atom. The van der Waals surface area contributed by atoms with Crippen LogP contribution in [0.3, 0.4) is 0 Å². The summed E-state index contributed by atoms with van der Waals surface area (Å²) < 4.78 is 2.45. The molecule has 0 spiro atoms. The summed E-state index contributed by atoms with van der Waals surface area (Å²) in [5, 5.41) is 3.50. The van der Waals surface area contributed by atoms with Crippen LogP contribution in [-0.4, -0.2) is 7.05 Å². The average Bonchev–Trinajstić information content (AvgIpc) is 2.60. The first-order chi connectivity index (χ1) is 8.13. The molecule has 1 nitrogen and oxygen atoms in total. The SMILES string of the molecule is CCCC(CCC)C(NC)c1cc(Br)sc1Br. The van der Waals surface area contributed by atoms with Gasteiger partial charge in [-0.15, -0.1) is 11.3 Å². The molecule has 0 bridgehead atoms. The van der Waals surface area contributed by atoms with Crippen molar-refractivity contribution in [3.63, 3.8) is 0 Å². The number of nitrogens with one attached hydrogen (secondary N) is 1. The predicted molar refractivity (Wildman–Crippen MR) is 84.8 cm³/mol. The van der Waals surface area contributed by atoms with Crippen molar-refractivity contribution < 1.29 is 0 Å². The fourth-order valence-corrected chi connectivity index (χ4v) is 5.36. The van der Waals surface area contributed by atoms with Crippen molar-refractivity contribution in [1.82, 2.24) is 5.32 Å². The lowest BCUT2D eigenvalue weighted by Gasteiger charge is -2.26. The number of thiophene rings is 1. The molecular weight excluding hydrogens is 362 g/mol. The zero-order chi connectivity index (χ0) is 12.8. The highest BCUT2D eigenvalue weighted by molar-refractivity contribution is 9.12. The molecule has 98 valence electrons. The van der Waals surface area contributed by atoms with Crippen LogP contribution in [0.2, 0.25) is 0 Å². The van der Waals surface area contributed by atoms with E-state index in [0.29, 0.717) is 6.04 Å². The number of rotatable bonds is 7. The van der Waals surface area contributed by atoms with Crippen molar-refractivity contribution >= 4 is 43.2 Å². The van der Waals surface area contributed by atoms with Crippen LogP contribution in [0.1, 0.15) is 51.1 Å². The normalized spacial score (nSPS) is 13.3. The Balaban J connectivity index is 2.90. The second-order valence-corrected chi connectivity index (χ2v) is 8.13. The first-order valence-corrected chi connectivity index (χ1v) is 8.66. The topological polar surface area (TPSA) is 12.0 Å². The van der Waals surface area contributed by atoms with E-state index in [9.17, 15) is 0 Å². The van der Waals surface area contributed by atoms with Gasteiger partial charge in [0, 0.05) is 6.04 Å². The van der Waals surface area contributed by atoms with E-state index in [1.165, 1.54) is 38.8 Å². The third-order valence-corrected chi connectivity index (χ3v) is 5.51. The van der Waals surface area contributed by atoms with Gasteiger partial charge in [0.05, 0.1) is 7.57 Å². The van der Waals surface area contributed by atoms with Gasteiger partial charge in [0.25, 0.3) is 0 Å². The Labute approximate surface area is 126 Å². The predicted octanol–water partition coefficient (Wildman–Crippen LogP) is 5.75. The van der Waals surface area contributed by atoms with Crippen molar-refractivity contribution in [2.45, 2.75) is 45.6 Å². The van der Waals surface area contributed by atoms with Gasteiger partial charge in [0.1, 0.15) is 0 Å². The molecule has 1 rings (SSSR count). The molecule has 1 unspecified atom stereocenters. The van der Waals surface area contributed by atoms with Crippen LogP contribution in [0.15, 0.2) is 13.6 Å². The molecule has 1 atom stereocenters. The Morgan fingerprint density at radius 2 is 1.82 bits per heavy atom. The van der Waals surface area contributed by atoms with Crippen LogP contribution in [0.5, 0.6) is 0 Å². The molecule has 0 saturated heterocycles. The summed E-state index contributed by atoms with van der Waals surface area (Å²) >= 11 is 9.01. The smallest absolute Gasteiger partial charge is 0.0758 e. The first-order valence-electron chi connectivity index (χ1n) is 6.25. The Kier molecular flexibility index (Phi) is 7.31. The van der Waals surface area contributed by atoms with Gasteiger partial charge in [-0.25, -0.2) is 0 Å². The van der Waals surface area contributed by atoms with Gasteiger partial charge in [-0.1, -0.05) is 26.7 Å². The average molecular weight is 383 g/mol. The maximum absolute atomic E-state index is 3.68. The fraction of sp³-hybridized carbons (Fsp3) is 0.692. The maximum atomic E-state index is 3.68. The molecule has 1 aromatic heterocycles. The van der Waals surface area contributed by atoms with Crippen molar-refractivity contribution in [1.29, 1.82) is 0 Å². The molecule has 0 fully saturated rings. The van der Waals surface area contributed by atoms with Crippen LogP contribution < -0.4 is 5.32 Å². The molecule has 0 radical (unpaired) electrons. The summed E-state index contributed by atoms with van der Waals surface area (Å²) in [6, 6.07) is 2.71. The van der Waals surface area contributed by atoms with E-state index in [2.05, 4.69) is 64.1 Å². The monoisotopic (exact) mass is 381 g/mol. The van der Waals surface area contributed by atoms with E-state index in [1.54, 1.807) is 11.3 Å². The highest BCUT2D eigenvalue weighted by atomic mass is 79.9. The Bertz CT molecular complexity index is 332. The molecule has 0 amide bonds. The van der Waals surface area contributed by atoms with Crippen molar-refractivity contribution in [2.75, 3.05) is 7.05 Å². The quantitative estimate of drug-likeness (QED) is 0.632. The minimum absolute atomic E-state index is 0.465. The van der Waals surface area contributed by atoms with Gasteiger partial charge in [-0.2, -0.15) is 0 Å². The minimum Gasteiger partial charge on any atom is -0.313 e. The van der Waals surface area contributed by atoms with Gasteiger partial charge in [-0.3, -0.25) is 0 Å². The van der Waals surface area contributed by atoms with Gasteiger partial charge < -0.3 is 5.32 Å². The molecule has 0 saturated carbocycles.